The molecule has 2 heteroatoms. The Morgan fingerprint density at radius 2 is 1.60 bits per heavy atom. The van der Waals surface area contributed by atoms with E-state index in [0.717, 1.165) is 18.4 Å². The van der Waals surface area contributed by atoms with Gasteiger partial charge in [-0.2, -0.15) is 0 Å². The normalized spacial score (nSPS) is 11.6. The molecule has 0 unspecified atom stereocenters. The molecule has 2 aromatic carbocycles. The lowest BCUT2D eigenvalue weighted by molar-refractivity contribution is 0.357. The minimum absolute atomic E-state index is 0.0158. The van der Waals surface area contributed by atoms with Gasteiger partial charge in [-0.25, -0.2) is 4.39 Å². The van der Waals surface area contributed by atoms with E-state index in [0.29, 0.717) is 6.54 Å². The van der Waals surface area contributed by atoms with Crippen LogP contribution in [0.2, 0.25) is 0 Å². The number of aryl methyl sites for hydroxylation is 1. The Bertz CT molecular complexity index is 534. The zero-order valence-electron chi connectivity index (χ0n) is 12.2. The molecule has 20 heavy (non-hydrogen) atoms. The Morgan fingerprint density at radius 1 is 0.950 bits per heavy atom. The van der Waals surface area contributed by atoms with Gasteiger partial charge in [-0.1, -0.05) is 48.5 Å². The minimum Gasteiger partial charge on any atom is -0.308 e. The highest BCUT2D eigenvalue weighted by Gasteiger charge is 2.17. The molecular weight excluding hydrogens is 249 g/mol. The van der Waals surface area contributed by atoms with E-state index in [9.17, 15) is 4.39 Å². The van der Waals surface area contributed by atoms with Crippen molar-refractivity contribution >= 4 is 0 Å². The molecule has 0 aliphatic heterocycles. The predicted octanol–water partition coefficient (Wildman–Crippen LogP) is 4.33. The molecular formula is C18H22FN. The number of nitrogens with one attached hydrogen (secondary N) is 1. The number of halogens is 1. The van der Waals surface area contributed by atoms with Crippen molar-refractivity contribution in [1.29, 1.82) is 0 Å². The van der Waals surface area contributed by atoms with Crippen LogP contribution in [0.15, 0.2) is 54.6 Å². The van der Waals surface area contributed by atoms with E-state index < -0.39 is 0 Å². The third-order valence-corrected chi connectivity index (χ3v) is 3.60. The lowest BCUT2D eigenvalue weighted by Gasteiger charge is -2.26. The zero-order valence-corrected chi connectivity index (χ0v) is 12.2. The third-order valence-electron chi connectivity index (χ3n) is 3.60. The van der Waals surface area contributed by atoms with Crippen LogP contribution in [-0.2, 0) is 13.0 Å². The molecule has 2 rings (SSSR count). The van der Waals surface area contributed by atoms with E-state index in [1.165, 1.54) is 11.6 Å². The van der Waals surface area contributed by atoms with E-state index >= 15 is 0 Å². The van der Waals surface area contributed by atoms with Gasteiger partial charge in [0.15, 0.2) is 0 Å². The summed E-state index contributed by atoms with van der Waals surface area (Å²) in [5.74, 6) is -0.140. The summed E-state index contributed by atoms with van der Waals surface area (Å²) in [7, 11) is 0. The van der Waals surface area contributed by atoms with Gasteiger partial charge in [0.25, 0.3) is 0 Å². The molecule has 0 spiro atoms. The molecule has 0 amide bonds. The summed E-state index contributed by atoms with van der Waals surface area (Å²) in [6.07, 6.45) is 2.05. The molecule has 0 radical (unpaired) electrons. The van der Waals surface area contributed by atoms with Gasteiger partial charge in [-0.3, -0.25) is 0 Å². The highest BCUT2D eigenvalue weighted by molar-refractivity contribution is 5.18. The van der Waals surface area contributed by atoms with Crippen molar-refractivity contribution in [1.82, 2.24) is 5.32 Å². The second-order valence-electron chi connectivity index (χ2n) is 5.81. The van der Waals surface area contributed by atoms with Gasteiger partial charge in [-0.05, 0) is 38.3 Å². The van der Waals surface area contributed by atoms with Gasteiger partial charge in [0, 0.05) is 17.6 Å². The van der Waals surface area contributed by atoms with Crippen LogP contribution in [0.25, 0.3) is 0 Å². The predicted molar refractivity (Wildman–Crippen MR) is 82.1 cm³/mol. The maximum absolute atomic E-state index is 13.6. The quantitative estimate of drug-likeness (QED) is 0.824. The largest absolute Gasteiger partial charge is 0.308 e. The third kappa shape index (κ3) is 4.46. The maximum atomic E-state index is 13.6. The van der Waals surface area contributed by atoms with Crippen LogP contribution in [0.3, 0.4) is 0 Å². The monoisotopic (exact) mass is 271 g/mol. The van der Waals surface area contributed by atoms with Gasteiger partial charge in [0.2, 0.25) is 0 Å². The highest BCUT2D eigenvalue weighted by Crippen LogP contribution is 2.15. The van der Waals surface area contributed by atoms with Gasteiger partial charge < -0.3 is 5.32 Å². The number of hydrogen-bond donors (Lipinski definition) is 1. The second kappa shape index (κ2) is 6.67. The van der Waals surface area contributed by atoms with Crippen molar-refractivity contribution < 1.29 is 4.39 Å². The van der Waals surface area contributed by atoms with Crippen molar-refractivity contribution in [3.05, 3.63) is 71.5 Å². The van der Waals surface area contributed by atoms with E-state index in [2.05, 4.69) is 43.4 Å². The Kier molecular flexibility index (Phi) is 4.91. The van der Waals surface area contributed by atoms with E-state index in [1.807, 2.05) is 18.2 Å². The summed E-state index contributed by atoms with van der Waals surface area (Å²) in [5, 5.41) is 3.45. The molecule has 0 aromatic heterocycles. The van der Waals surface area contributed by atoms with Crippen LogP contribution in [-0.4, -0.2) is 5.54 Å². The molecule has 0 aliphatic carbocycles. The Morgan fingerprint density at radius 3 is 2.30 bits per heavy atom. The first-order valence-electron chi connectivity index (χ1n) is 7.09. The molecule has 1 N–H and O–H groups in total. The van der Waals surface area contributed by atoms with Gasteiger partial charge in [0.1, 0.15) is 5.82 Å². The summed E-state index contributed by atoms with van der Waals surface area (Å²) in [6.45, 7) is 4.89. The first kappa shape index (κ1) is 14.7. The van der Waals surface area contributed by atoms with Crippen molar-refractivity contribution in [2.24, 2.45) is 0 Å². The highest BCUT2D eigenvalue weighted by atomic mass is 19.1. The summed E-state index contributed by atoms with van der Waals surface area (Å²) in [4.78, 5) is 0. The zero-order chi connectivity index (χ0) is 14.4. The molecule has 0 heterocycles. The molecule has 106 valence electrons. The molecule has 0 fully saturated rings. The van der Waals surface area contributed by atoms with Crippen LogP contribution in [0.4, 0.5) is 4.39 Å². The number of hydrogen-bond acceptors (Lipinski definition) is 1. The summed E-state index contributed by atoms with van der Waals surface area (Å²) < 4.78 is 13.6. The fourth-order valence-electron chi connectivity index (χ4n) is 2.17. The van der Waals surface area contributed by atoms with Crippen LogP contribution >= 0.6 is 0 Å². The van der Waals surface area contributed by atoms with Crippen LogP contribution in [0.5, 0.6) is 0 Å². The van der Waals surface area contributed by atoms with Crippen molar-refractivity contribution in [3.63, 3.8) is 0 Å². The number of rotatable bonds is 6. The topological polar surface area (TPSA) is 12.0 Å². The molecule has 0 bridgehead atoms. The van der Waals surface area contributed by atoms with Crippen molar-refractivity contribution in [2.45, 2.75) is 38.8 Å². The summed E-state index contributed by atoms with van der Waals surface area (Å²) in [5.41, 5.74) is 2.05. The SMILES string of the molecule is CC(C)(CCc1ccccc1)NCc1ccccc1F. The Hall–Kier alpha value is -1.67. The standard InChI is InChI=1S/C18H22FN/c1-18(2,13-12-15-8-4-3-5-9-15)20-14-16-10-6-7-11-17(16)19/h3-11,20H,12-14H2,1-2H3. The molecule has 0 aliphatic rings. The van der Waals surface area contributed by atoms with Crippen LogP contribution in [0.1, 0.15) is 31.4 Å². The average Bonchev–Trinajstić information content (AvgIpc) is 2.46. The summed E-state index contributed by atoms with van der Waals surface area (Å²) >= 11 is 0. The van der Waals surface area contributed by atoms with Crippen molar-refractivity contribution in [2.75, 3.05) is 0 Å². The Labute approximate surface area is 120 Å². The average molecular weight is 271 g/mol. The van der Waals surface area contributed by atoms with Gasteiger partial charge in [-0.15, -0.1) is 0 Å². The molecule has 2 aromatic rings. The van der Waals surface area contributed by atoms with Crippen LogP contribution < -0.4 is 5.32 Å². The first-order chi connectivity index (χ1) is 9.57. The smallest absolute Gasteiger partial charge is 0.127 e. The fourth-order valence-corrected chi connectivity index (χ4v) is 2.17. The van der Waals surface area contributed by atoms with E-state index in [-0.39, 0.29) is 11.4 Å². The summed E-state index contributed by atoms with van der Waals surface area (Å²) in [6, 6.07) is 17.4. The fraction of sp³-hybridized carbons (Fsp3) is 0.333. The van der Waals surface area contributed by atoms with Gasteiger partial charge in [0.05, 0.1) is 0 Å². The van der Waals surface area contributed by atoms with Crippen molar-refractivity contribution in [3.8, 4) is 0 Å². The Balaban J connectivity index is 1.86. The molecule has 0 atom stereocenters. The van der Waals surface area contributed by atoms with Crippen LogP contribution in [0, 0.1) is 5.82 Å². The maximum Gasteiger partial charge on any atom is 0.127 e. The van der Waals surface area contributed by atoms with Gasteiger partial charge >= 0.3 is 0 Å². The molecule has 1 nitrogen and oxygen atoms in total. The van der Waals surface area contributed by atoms with E-state index in [1.54, 1.807) is 6.07 Å². The second-order valence-corrected chi connectivity index (χ2v) is 5.81. The molecule has 0 saturated carbocycles. The molecule has 0 saturated heterocycles. The van der Waals surface area contributed by atoms with E-state index in [4.69, 9.17) is 0 Å². The lowest BCUT2D eigenvalue weighted by atomic mass is 9.95. The lowest BCUT2D eigenvalue weighted by Crippen LogP contribution is -2.39. The first-order valence-corrected chi connectivity index (χ1v) is 7.09. The number of benzene rings is 2. The minimum atomic E-state index is -0.140.